The van der Waals surface area contributed by atoms with Gasteiger partial charge in [-0.15, -0.1) is 0 Å². The highest BCUT2D eigenvalue weighted by molar-refractivity contribution is 7.91. The summed E-state index contributed by atoms with van der Waals surface area (Å²) in [6.07, 6.45) is 3.31. The van der Waals surface area contributed by atoms with Crippen molar-refractivity contribution >= 4 is 15.9 Å². The number of ether oxygens (including phenoxy) is 1. The summed E-state index contributed by atoms with van der Waals surface area (Å²) in [6, 6.07) is 0. The molecule has 9 heteroatoms. The molecule has 1 amide bonds. The van der Waals surface area contributed by atoms with E-state index in [1.165, 1.54) is 0 Å². The van der Waals surface area contributed by atoms with Crippen molar-refractivity contribution in [3.05, 3.63) is 11.9 Å². The number of hydrogen-bond acceptors (Lipinski definition) is 6. The third-order valence-corrected chi connectivity index (χ3v) is 6.22. The smallest absolute Gasteiger partial charge is 0.409 e. The van der Waals surface area contributed by atoms with Crippen molar-refractivity contribution in [2.45, 2.75) is 51.9 Å². The van der Waals surface area contributed by atoms with Crippen LogP contribution in [0.4, 0.5) is 4.79 Å². The van der Waals surface area contributed by atoms with Gasteiger partial charge in [-0.05, 0) is 13.3 Å². The molecule has 0 saturated carbocycles. The van der Waals surface area contributed by atoms with Crippen LogP contribution < -0.4 is 0 Å². The highest BCUT2D eigenvalue weighted by Crippen LogP contribution is 2.17. The molecule has 2 rings (SSSR count). The van der Waals surface area contributed by atoms with Crippen LogP contribution in [0.2, 0.25) is 0 Å². The Hall–Kier alpha value is -1.61. The van der Waals surface area contributed by atoms with Gasteiger partial charge in [-0.2, -0.15) is 0 Å². The normalized spacial score (nSPS) is 16.0. The summed E-state index contributed by atoms with van der Waals surface area (Å²) in [5.41, 5.74) is 0.912. The summed E-state index contributed by atoms with van der Waals surface area (Å²) in [6.45, 7) is 9.88. The molecule has 1 aliphatic heterocycles. The van der Waals surface area contributed by atoms with Gasteiger partial charge < -0.3 is 14.2 Å². The molecule has 1 aromatic heterocycles. The standard InChI is InChI=1S/C17H30N4O4S/c1-4-7-8-21-15(13-18-16(21)26(23,24)6-3)14-19-9-11-20(12-10-19)17(22)25-5-2/h13H,4-12,14H2,1-3H3. The second-order valence-corrected chi connectivity index (χ2v) is 8.57. The minimum absolute atomic E-state index is 0.0494. The van der Waals surface area contributed by atoms with Gasteiger partial charge in [-0.3, -0.25) is 4.90 Å². The van der Waals surface area contributed by atoms with E-state index < -0.39 is 9.84 Å². The molecule has 26 heavy (non-hydrogen) atoms. The van der Waals surface area contributed by atoms with Gasteiger partial charge in [0.05, 0.1) is 24.3 Å². The fraction of sp³-hybridized carbons (Fsp3) is 0.765. The van der Waals surface area contributed by atoms with Crippen LogP contribution in [0.15, 0.2) is 11.4 Å². The number of nitrogens with zero attached hydrogens (tertiary/aromatic N) is 4. The Bertz CT molecular complexity index is 694. The van der Waals surface area contributed by atoms with Crippen LogP contribution in [0.5, 0.6) is 0 Å². The van der Waals surface area contributed by atoms with E-state index in [9.17, 15) is 13.2 Å². The minimum atomic E-state index is -3.34. The second-order valence-electron chi connectivity index (χ2n) is 6.40. The van der Waals surface area contributed by atoms with Crippen LogP contribution in [0.3, 0.4) is 0 Å². The van der Waals surface area contributed by atoms with Gasteiger partial charge in [0.2, 0.25) is 15.0 Å². The maximum Gasteiger partial charge on any atom is 0.409 e. The number of sulfone groups is 1. The number of carbonyl (C=O) groups excluding carboxylic acids is 1. The summed E-state index contributed by atoms with van der Waals surface area (Å²) >= 11 is 0. The fourth-order valence-electron chi connectivity index (χ4n) is 2.98. The van der Waals surface area contributed by atoms with Crippen LogP contribution in [0.1, 0.15) is 39.3 Å². The number of unbranched alkanes of at least 4 members (excludes halogenated alkanes) is 1. The predicted octanol–water partition coefficient (Wildman–Crippen LogP) is 1.75. The number of rotatable bonds is 8. The third-order valence-electron chi connectivity index (χ3n) is 4.58. The highest BCUT2D eigenvalue weighted by Gasteiger charge is 2.25. The fourth-order valence-corrected chi connectivity index (χ4v) is 4.00. The van der Waals surface area contributed by atoms with Crippen LogP contribution in [0.25, 0.3) is 0 Å². The van der Waals surface area contributed by atoms with Crippen molar-refractivity contribution in [2.75, 3.05) is 38.5 Å². The van der Waals surface area contributed by atoms with Crippen molar-refractivity contribution in [1.29, 1.82) is 0 Å². The quantitative estimate of drug-likeness (QED) is 0.677. The zero-order valence-corrected chi connectivity index (χ0v) is 16.8. The SMILES string of the molecule is CCCCn1c(CN2CCN(C(=O)OCC)CC2)cnc1S(=O)(=O)CC. The van der Waals surface area contributed by atoms with Gasteiger partial charge in [0.1, 0.15) is 0 Å². The molecule has 0 aliphatic carbocycles. The number of aromatic nitrogens is 2. The van der Waals surface area contributed by atoms with E-state index in [-0.39, 0.29) is 17.0 Å². The Labute approximate surface area is 156 Å². The minimum Gasteiger partial charge on any atom is -0.450 e. The molecule has 1 aliphatic rings. The van der Waals surface area contributed by atoms with Crippen molar-refractivity contribution in [3.63, 3.8) is 0 Å². The van der Waals surface area contributed by atoms with E-state index in [4.69, 9.17) is 4.74 Å². The topological polar surface area (TPSA) is 84.7 Å². The summed E-state index contributed by atoms with van der Waals surface area (Å²) in [5, 5.41) is 0.175. The molecule has 2 heterocycles. The van der Waals surface area contributed by atoms with Gasteiger partial charge in [0.25, 0.3) is 0 Å². The molecule has 1 saturated heterocycles. The number of piperazine rings is 1. The zero-order chi connectivity index (χ0) is 19.2. The van der Waals surface area contributed by atoms with E-state index in [1.54, 1.807) is 24.9 Å². The summed E-state index contributed by atoms with van der Waals surface area (Å²) in [5.74, 6) is 0.0494. The van der Waals surface area contributed by atoms with Crippen LogP contribution in [-0.2, 0) is 27.7 Å². The lowest BCUT2D eigenvalue weighted by Gasteiger charge is -2.34. The summed E-state index contributed by atoms with van der Waals surface area (Å²) in [7, 11) is -3.34. The van der Waals surface area contributed by atoms with Crippen molar-refractivity contribution < 1.29 is 17.9 Å². The highest BCUT2D eigenvalue weighted by atomic mass is 32.2. The molecular weight excluding hydrogens is 356 g/mol. The number of hydrogen-bond donors (Lipinski definition) is 0. The third kappa shape index (κ3) is 4.97. The van der Waals surface area contributed by atoms with E-state index in [0.717, 1.165) is 31.6 Å². The van der Waals surface area contributed by atoms with Crippen LogP contribution >= 0.6 is 0 Å². The lowest BCUT2D eigenvalue weighted by atomic mass is 10.3. The van der Waals surface area contributed by atoms with Gasteiger partial charge in [0.15, 0.2) is 0 Å². The number of imidazole rings is 1. The molecule has 1 fully saturated rings. The first-order valence-corrected chi connectivity index (χ1v) is 11.0. The van der Waals surface area contributed by atoms with E-state index in [0.29, 0.717) is 32.8 Å². The molecule has 148 valence electrons. The lowest BCUT2D eigenvalue weighted by molar-refractivity contribution is 0.0771. The Morgan fingerprint density at radius 1 is 1.19 bits per heavy atom. The van der Waals surface area contributed by atoms with Crippen LogP contribution in [-0.4, -0.2) is 72.4 Å². The first kappa shape index (κ1) is 20.7. The molecular formula is C17H30N4O4S. The molecule has 0 bridgehead atoms. The zero-order valence-electron chi connectivity index (χ0n) is 16.0. The van der Waals surface area contributed by atoms with E-state index in [1.807, 2.05) is 4.57 Å². The van der Waals surface area contributed by atoms with Gasteiger partial charge in [0, 0.05) is 39.3 Å². The molecule has 0 aromatic carbocycles. The Morgan fingerprint density at radius 3 is 2.46 bits per heavy atom. The molecule has 0 N–H and O–H groups in total. The molecule has 0 radical (unpaired) electrons. The largest absolute Gasteiger partial charge is 0.450 e. The van der Waals surface area contributed by atoms with E-state index >= 15 is 0 Å². The van der Waals surface area contributed by atoms with Crippen molar-refractivity contribution in [1.82, 2.24) is 19.4 Å². The first-order valence-electron chi connectivity index (χ1n) is 9.34. The first-order chi connectivity index (χ1) is 12.4. The van der Waals surface area contributed by atoms with Gasteiger partial charge in [-0.25, -0.2) is 18.2 Å². The second kappa shape index (κ2) is 9.36. The summed E-state index contributed by atoms with van der Waals surface area (Å²) < 4.78 is 31.5. The number of carbonyl (C=O) groups is 1. The lowest BCUT2D eigenvalue weighted by Crippen LogP contribution is -2.48. The van der Waals surface area contributed by atoms with E-state index in [2.05, 4.69) is 16.8 Å². The summed E-state index contributed by atoms with van der Waals surface area (Å²) in [4.78, 5) is 19.9. The van der Waals surface area contributed by atoms with Crippen molar-refractivity contribution in [2.24, 2.45) is 0 Å². The molecule has 8 nitrogen and oxygen atoms in total. The Morgan fingerprint density at radius 2 is 1.88 bits per heavy atom. The maximum absolute atomic E-state index is 12.3. The van der Waals surface area contributed by atoms with Crippen molar-refractivity contribution in [3.8, 4) is 0 Å². The Balaban J connectivity index is 2.07. The average molecular weight is 387 g/mol. The molecule has 1 aromatic rings. The van der Waals surface area contributed by atoms with Gasteiger partial charge >= 0.3 is 6.09 Å². The average Bonchev–Trinajstić information content (AvgIpc) is 3.04. The van der Waals surface area contributed by atoms with Crippen LogP contribution in [0, 0.1) is 0 Å². The Kier molecular flexibility index (Phi) is 7.45. The number of amides is 1. The molecule has 0 unspecified atom stereocenters. The molecule has 0 spiro atoms. The maximum atomic E-state index is 12.3. The monoisotopic (exact) mass is 386 g/mol. The predicted molar refractivity (Wildman–Crippen MR) is 98.7 cm³/mol. The van der Waals surface area contributed by atoms with Gasteiger partial charge in [-0.1, -0.05) is 20.3 Å². The molecule has 0 atom stereocenters.